The Bertz CT molecular complexity index is 711. The first-order valence-electron chi connectivity index (χ1n) is 5.88. The van der Waals surface area contributed by atoms with Gasteiger partial charge in [-0.2, -0.15) is 13.2 Å². The van der Waals surface area contributed by atoms with Gasteiger partial charge < -0.3 is 0 Å². The SMILES string of the molecule is Cc1cc(C(F)(F)F)ccc1C(=O)c1cc(Cl)ccc1I. The number of carbonyl (C=O) groups is 1. The van der Waals surface area contributed by atoms with Crippen LogP contribution in [0.1, 0.15) is 27.0 Å². The van der Waals surface area contributed by atoms with Gasteiger partial charge in [-0.15, -0.1) is 0 Å². The normalized spacial score (nSPS) is 11.5. The van der Waals surface area contributed by atoms with Gasteiger partial charge in [0.25, 0.3) is 0 Å². The Kier molecular flexibility index (Phi) is 4.63. The zero-order valence-corrected chi connectivity index (χ0v) is 13.7. The maximum atomic E-state index is 12.6. The lowest BCUT2D eigenvalue weighted by Gasteiger charge is -2.11. The minimum atomic E-state index is -4.42. The molecular formula is C15H9ClF3IO. The van der Waals surface area contributed by atoms with Crippen LogP contribution in [-0.2, 0) is 6.18 Å². The summed E-state index contributed by atoms with van der Waals surface area (Å²) in [6.07, 6.45) is -4.42. The molecule has 0 N–H and O–H groups in total. The second-order valence-corrected chi connectivity index (χ2v) is 6.08. The molecule has 0 unspecified atom stereocenters. The van der Waals surface area contributed by atoms with Crippen molar-refractivity contribution in [2.75, 3.05) is 0 Å². The summed E-state index contributed by atoms with van der Waals surface area (Å²) in [7, 11) is 0. The summed E-state index contributed by atoms with van der Waals surface area (Å²) >= 11 is 7.86. The van der Waals surface area contributed by atoms with Crippen molar-refractivity contribution < 1.29 is 18.0 Å². The Morgan fingerprint density at radius 3 is 2.33 bits per heavy atom. The molecule has 21 heavy (non-hydrogen) atoms. The van der Waals surface area contributed by atoms with E-state index < -0.39 is 11.7 Å². The highest BCUT2D eigenvalue weighted by Gasteiger charge is 2.31. The van der Waals surface area contributed by atoms with Gasteiger partial charge in [-0.1, -0.05) is 17.7 Å². The fourth-order valence-electron chi connectivity index (χ4n) is 1.91. The maximum Gasteiger partial charge on any atom is 0.416 e. The fraction of sp³-hybridized carbons (Fsp3) is 0.133. The Hall–Kier alpha value is -1.08. The number of alkyl halides is 3. The van der Waals surface area contributed by atoms with Gasteiger partial charge in [0, 0.05) is 19.7 Å². The molecule has 0 radical (unpaired) electrons. The molecule has 0 heterocycles. The van der Waals surface area contributed by atoms with Crippen molar-refractivity contribution in [3.63, 3.8) is 0 Å². The summed E-state index contributed by atoms with van der Waals surface area (Å²) in [4.78, 5) is 12.5. The molecule has 0 aliphatic rings. The van der Waals surface area contributed by atoms with Crippen LogP contribution in [0.25, 0.3) is 0 Å². The quantitative estimate of drug-likeness (QED) is 0.459. The van der Waals surface area contributed by atoms with Crippen molar-refractivity contribution in [1.82, 2.24) is 0 Å². The number of hydrogen-bond acceptors (Lipinski definition) is 1. The van der Waals surface area contributed by atoms with Crippen LogP contribution in [0, 0.1) is 10.5 Å². The number of rotatable bonds is 2. The third-order valence-corrected chi connectivity index (χ3v) is 4.15. The molecule has 0 atom stereocenters. The summed E-state index contributed by atoms with van der Waals surface area (Å²) in [5, 5.41) is 0.406. The molecule has 2 rings (SSSR count). The molecule has 0 spiro atoms. The number of halogens is 5. The molecule has 0 fully saturated rings. The summed E-state index contributed by atoms with van der Waals surface area (Å²) in [5.74, 6) is -0.340. The zero-order valence-electron chi connectivity index (χ0n) is 10.8. The molecule has 110 valence electrons. The van der Waals surface area contributed by atoms with Crippen molar-refractivity contribution in [2.24, 2.45) is 0 Å². The van der Waals surface area contributed by atoms with Gasteiger partial charge in [0.15, 0.2) is 5.78 Å². The van der Waals surface area contributed by atoms with Gasteiger partial charge in [-0.25, -0.2) is 0 Å². The monoisotopic (exact) mass is 424 g/mol. The number of carbonyl (C=O) groups excluding carboxylic acids is 1. The number of benzene rings is 2. The Morgan fingerprint density at radius 1 is 1.10 bits per heavy atom. The van der Waals surface area contributed by atoms with E-state index in [0.29, 0.717) is 14.2 Å². The first-order valence-corrected chi connectivity index (χ1v) is 7.33. The second kappa shape index (κ2) is 5.96. The average Bonchev–Trinajstić information content (AvgIpc) is 2.39. The van der Waals surface area contributed by atoms with Gasteiger partial charge in [0.05, 0.1) is 5.56 Å². The smallest absolute Gasteiger partial charge is 0.289 e. The van der Waals surface area contributed by atoms with Crippen molar-refractivity contribution in [3.8, 4) is 0 Å². The number of hydrogen-bond donors (Lipinski definition) is 0. The average molecular weight is 425 g/mol. The number of aryl methyl sites for hydroxylation is 1. The lowest BCUT2D eigenvalue weighted by molar-refractivity contribution is -0.137. The highest BCUT2D eigenvalue weighted by molar-refractivity contribution is 14.1. The third-order valence-electron chi connectivity index (χ3n) is 2.97. The van der Waals surface area contributed by atoms with Gasteiger partial charge in [-0.05, 0) is 65.4 Å². The van der Waals surface area contributed by atoms with E-state index in [9.17, 15) is 18.0 Å². The van der Waals surface area contributed by atoms with Crippen LogP contribution < -0.4 is 0 Å². The summed E-state index contributed by atoms with van der Waals surface area (Å²) in [5.41, 5.74) is 0.136. The van der Waals surface area contributed by atoms with Crippen LogP contribution in [0.15, 0.2) is 36.4 Å². The molecule has 2 aromatic carbocycles. The fourth-order valence-corrected chi connectivity index (χ4v) is 2.66. The molecule has 1 nitrogen and oxygen atoms in total. The lowest BCUT2D eigenvalue weighted by Crippen LogP contribution is -2.09. The molecule has 0 amide bonds. The highest BCUT2D eigenvalue weighted by atomic mass is 127. The first kappa shape index (κ1) is 16.3. The van der Waals surface area contributed by atoms with Crippen LogP contribution in [0.2, 0.25) is 5.02 Å². The van der Waals surface area contributed by atoms with Crippen molar-refractivity contribution in [1.29, 1.82) is 0 Å². The molecule has 0 aromatic heterocycles. The highest BCUT2D eigenvalue weighted by Crippen LogP contribution is 2.31. The van der Waals surface area contributed by atoms with E-state index in [0.717, 1.165) is 12.1 Å². The first-order chi connectivity index (χ1) is 9.70. The van der Waals surface area contributed by atoms with Crippen LogP contribution in [-0.4, -0.2) is 5.78 Å². The molecule has 0 saturated heterocycles. The third kappa shape index (κ3) is 3.58. The summed E-state index contributed by atoms with van der Waals surface area (Å²) < 4.78 is 38.6. The van der Waals surface area contributed by atoms with Gasteiger partial charge in [0.1, 0.15) is 0 Å². The predicted octanol–water partition coefficient (Wildman–Crippen LogP) is 5.50. The Balaban J connectivity index is 2.47. The van der Waals surface area contributed by atoms with Gasteiger partial charge in [0.2, 0.25) is 0 Å². The molecule has 0 bridgehead atoms. The van der Waals surface area contributed by atoms with E-state index in [4.69, 9.17) is 11.6 Å². The topological polar surface area (TPSA) is 17.1 Å². The molecule has 0 saturated carbocycles. The van der Waals surface area contributed by atoms with Crippen LogP contribution in [0.4, 0.5) is 13.2 Å². The maximum absolute atomic E-state index is 12.6. The predicted molar refractivity (Wildman–Crippen MR) is 83.8 cm³/mol. The minimum Gasteiger partial charge on any atom is -0.289 e. The van der Waals surface area contributed by atoms with E-state index in [1.165, 1.54) is 19.1 Å². The lowest BCUT2D eigenvalue weighted by atomic mass is 9.97. The Labute approximate surface area is 138 Å². The van der Waals surface area contributed by atoms with E-state index >= 15 is 0 Å². The molecular weight excluding hydrogens is 416 g/mol. The van der Waals surface area contributed by atoms with E-state index in [-0.39, 0.29) is 16.9 Å². The van der Waals surface area contributed by atoms with Crippen LogP contribution in [0.3, 0.4) is 0 Å². The largest absolute Gasteiger partial charge is 0.416 e. The second-order valence-electron chi connectivity index (χ2n) is 4.48. The Morgan fingerprint density at radius 2 is 1.76 bits per heavy atom. The zero-order chi connectivity index (χ0) is 15.8. The van der Waals surface area contributed by atoms with E-state index in [1.54, 1.807) is 12.1 Å². The van der Waals surface area contributed by atoms with Gasteiger partial charge in [-0.3, -0.25) is 4.79 Å². The van der Waals surface area contributed by atoms with E-state index in [1.807, 2.05) is 22.6 Å². The minimum absolute atomic E-state index is 0.239. The standard InChI is InChI=1S/C15H9ClF3IO/c1-8-6-9(15(17,18)19)2-4-11(8)14(21)12-7-10(16)3-5-13(12)20/h2-7H,1H3. The molecule has 6 heteroatoms. The summed E-state index contributed by atoms with van der Waals surface area (Å²) in [6.45, 7) is 1.49. The van der Waals surface area contributed by atoms with Crippen LogP contribution in [0.5, 0.6) is 0 Å². The van der Waals surface area contributed by atoms with Crippen molar-refractivity contribution >= 4 is 40.0 Å². The molecule has 2 aromatic rings. The van der Waals surface area contributed by atoms with E-state index in [2.05, 4.69) is 0 Å². The van der Waals surface area contributed by atoms with Crippen LogP contribution >= 0.6 is 34.2 Å². The van der Waals surface area contributed by atoms with Gasteiger partial charge >= 0.3 is 6.18 Å². The number of ketones is 1. The summed E-state index contributed by atoms with van der Waals surface area (Å²) in [6, 6.07) is 7.96. The van der Waals surface area contributed by atoms with Crippen molar-refractivity contribution in [2.45, 2.75) is 13.1 Å². The molecule has 0 aliphatic carbocycles. The molecule has 0 aliphatic heterocycles. The van der Waals surface area contributed by atoms with Crippen molar-refractivity contribution in [3.05, 3.63) is 67.2 Å².